The normalized spacial score (nSPS) is 16.9. The van der Waals surface area contributed by atoms with Gasteiger partial charge in [0.2, 0.25) is 0 Å². The molecule has 35 heavy (non-hydrogen) atoms. The van der Waals surface area contributed by atoms with Crippen LogP contribution in [0.25, 0.3) is 5.65 Å². The highest BCUT2D eigenvalue weighted by Gasteiger charge is 2.34. The van der Waals surface area contributed by atoms with E-state index in [9.17, 15) is 13.2 Å². The number of hydrogen-bond acceptors (Lipinski definition) is 5. The van der Waals surface area contributed by atoms with Crippen LogP contribution in [0.15, 0.2) is 53.4 Å². The molecule has 1 unspecified atom stereocenters. The van der Waals surface area contributed by atoms with Gasteiger partial charge < -0.3 is 5.32 Å². The number of likely N-dealkylation sites (tertiary alicyclic amines) is 1. The van der Waals surface area contributed by atoms with Crippen molar-refractivity contribution >= 4 is 27.4 Å². The Bertz CT molecular complexity index is 1310. The first-order chi connectivity index (χ1) is 16.9. The highest BCUT2D eigenvalue weighted by molar-refractivity contribution is 9.10. The molecule has 5 rings (SSSR count). The number of hydrogen-bond donors (Lipinski definition) is 1. The van der Waals surface area contributed by atoms with E-state index >= 15 is 0 Å². The molecule has 0 aliphatic carbocycles. The minimum absolute atomic E-state index is 0.0862. The molecule has 1 aromatic carbocycles. The zero-order valence-electron chi connectivity index (χ0n) is 18.7. The topological polar surface area (TPSA) is 58.4 Å². The lowest BCUT2D eigenvalue weighted by Crippen LogP contribution is -2.34. The summed E-state index contributed by atoms with van der Waals surface area (Å²) in [4.78, 5) is 11.1. The molecule has 6 nitrogen and oxygen atoms in total. The third-order valence-electron chi connectivity index (χ3n) is 6.16. The largest absolute Gasteiger partial charge is 0.417 e. The van der Waals surface area contributed by atoms with Gasteiger partial charge in [-0.15, -0.1) is 0 Å². The van der Waals surface area contributed by atoms with Crippen molar-refractivity contribution in [3.8, 4) is 0 Å². The van der Waals surface area contributed by atoms with Crippen molar-refractivity contribution < 1.29 is 13.2 Å². The van der Waals surface area contributed by atoms with Crippen LogP contribution in [0.5, 0.6) is 0 Å². The quantitative estimate of drug-likeness (QED) is 0.348. The number of anilines is 1. The predicted molar refractivity (Wildman–Crippen MR) is 129 cm³/mol. The maximum absolute atomic E-state index is 13.5. The maximum Gasteiger partial charge on any atom is 0.417 e. The average Bonchev–Trinajstić information content (AvgIpc) is 3.24. The molecule has 3 aromatic heterocycles. The van der Waals surface area contributed by atoms with Crippen LogP contribution in [-0.2, 0) is 19.3 Å². The van der Waals surface area contributed by atoms with Crippen molar-refractivity contribution in [2.75, 3.05) is 18.4 Å². The third kappa shape index (κ3) is 5.26. The van der Waals surface area contributed by atoms with E-state index in [1.54, 1.807) is 23.1 Å². The first kappa shape index (κ1) is 23.6. The highest BCUT2D eigenvalue weighted by atomic mass is 79.9. The number of rotatable bonds is 6. The Balaban J connectivity index is 1.38. The van der Waals surface area contributed by atoms with Gasteiger partial charge in [0.1, 0.15) is 5.82 Å². The molecule has 180 valence electrons. The fraction of sp³-hybridized carbons (Fsp3) is 0.320. The fourth-order valence-electron chi connectivity index (χ4n) is 4.47. The van der Waals surface area contributed by atoms with Crippen LogP contribution in [0.4, 0.5) is 19.0 Å². The molecule has 10 heteroatoms. The van der Waals surface area contributed by atoms with Crippen molar-refractivity contribution in [3.63, 3.8) is 0 Å². The molecule has 1 atom stereocenters. The monoisotopic (exact) mass is 542 g/mol. The standard InChI is InChI=1S/C25H22BrF3N6/c26-21-14-32-35-23(31-13-17-5-3-9-30-12-17)11-22(33-24(21)35)19-7-4-10-34(16-19)15-18-6-1-2-8-20(18)25(27,28)29/h3,5-6,8-9,11-12,14,19,31H,4,7,10,13,15-16H2. The van der Waals surface area contributed by atoms with Gasteiger partial charge in [0, 0.05) is 50.1 Å². The van der Waals surface area contributed by atoms with E-state index in [0.717, 1.165) is 47.0 Å². The molecule has 1 saturated heterocycles. The van der Waals surface area contributed by atoms with Crippen molar-refractivity contribution in [1.29, 1.82) is 0 Å². The molecule has 0 amide bonds. The average molecular weight is 543 g/mol. The van der Waals surface area contributed by atoms with Gasteiger partial charge in [-0.1, -0.05) is 18.2 Å². The summed E-state index contributed by atoms with van der Waals surface area (Å²) in [5.41, 5.74) is 2.19. The Morgan fingerprint density at radius 1 is 1.20 bits per heavy atom. The van der Waals surface area contributed by atoms with Crippen LogP contribution >= 0.6 is 15.9 Å². The maximum atomic E-state index is 13.5. The van der Waals surface area contributed by atoms with E-state index in [-0.39, 0.29) is 18.0 Å². The van der Waals surface area contributed by atoms with Crippen molar-refractivity contribution in [3.05, 3.63) is 87.9 Å². The molecule has 0 bridgehead atoms. The van der Waals surface area contributed by atoms with E-state index in [1.807, 2.05) is 18.2 Å². The smallest absolute Gasteiger partial charge is 0.366 e. The number of aromatic nitrogens is 4. The lowest BCUT2D eigenvalue weighted by Gasteiger charge is -2.33. The van der Waals surface area contributed by atoms with Crippen LogP contribution < -0.4 is 5.32 Å². The summed E-state index contributed by atoms with van der Waals surface area (Å²) in [6.07, 6.45) is 2.62. The summed E-state index contributed by atoms with van der Waals surface area (Å²) in [5.74, 6) is 0.882. The van der Waals surface area contributed by atoms with E-state index in [0.29, 0.717) is 18.7 Å². The van der Waals surface area contributed by atoms with Crippen molar-refractivity contribution in [2.45, 2.75) is 38.0 Å². The number of pyridine rings is 1. The zero-order valence-corrected chi connectivity index (χ0v) is 20.3. The van der Waals surface area contributed by atoms with Crippen LogP contribution in [0.1, 0.15) is 41.1 Å². The second-order valence-corrected chi connectivity index (χ2v) is 9.45. The van der Waals surface area contributed by atoms with Gasteiger partial charge in [-0.3, -0.25) is 9.88 Å². The summed E-state index contributed by atoms with van der Waals surface area (Å²) >= 11 is 3.53. The van der Waals surface area contributed by atoms with Crippen LogP contribution in [0.3, 0.4) is 0 Å². The summed E-state index contributed by atoms with van der Waals surface area (Å²) in [5, 5.41) is 7.85. The second-order valence-electron chi connectivity index (χ2n) is 8.60. The molecule has 1 aliphatic heterocycles. The molecular formula is C25H22BrF3N6. The van der Waals surface area contributed by atoms with Gasteiger partial charge in [0.25, 0.3) is 0 Å². The Labute approximate surface area is 209 Å². The first-order valence-corrected chi connectivity index (χ1v) is 12.0. The fourth-order valence-corrected chi connectivity index (χ4v) is 4.82. The van der Waals surface area contributed by atoms with Gasteiger partial charge in [-0.2, -0.15) is 22.8 Å². The van der Waals surface area contributed by atoms with E-state index in [2.05, 4.69) is 48.4 Å². The molecule has 1 N–H and O–H groups in total. The number of halogens is 4. The molecule has 0 spiro atoms. The number of nitrogens with zero attached hydrogens (tertiary/aromatic N) is 5. The number of piperidine rings is 1. The SMILES string of the molecule is FC(F)(F)c1cc#ccc1CN1CCCC(c2cc(NCc3cccnc3)n3ncc(Br)c3n2)C1. The molecular weight excluding hydrogens is 521 g/mol. The van der Waals surface area contributed by atoms with Gasteiger partial charge >= 0.3 is 6.18 Å². The van der Waals surface area contributed by atoms with Crippen LogP contribution in [0, 0.1) is 12.1 Å². The summed E-state index contributed by atoms with van der Waals surface area (Å²) in [7, 11) is 0. The summed E-state index contributed by atoms with van der Waals surface area (Å²) < 4.78 is 42.9. The number of fused-ring (bicyclic) bond motifs is 1. The zero-order chi connectivity index (χ0) is 24.4. The predicted octanol–water partition coefficient (Wildman–Crippen LogP) is 5.50. The second kappa shape index (κ2) is 9.84. The van der Waals surface area contributed by atoms with Gasteiger partial charge in [-0.05, 0) is 58.6 Å². The van der Waals surface area contributed by atoms with Gasteiger partial charge in [0.15, 0.2) is 5.65 Å². The third-order valence-corrected chi connectivity index (χ3v) is 6.72. The Morgan fingerprint density at radius 3 is 2.86 bits per heavy atom. The Morgan fingerprint density at radius 2 is 2.06 bits per heavy atom. The van der Waals surface area contributed by atoms with Crippen LogP contribution in [0.2, 0.25) is 0 Å². The minimum atomic E-state index is -4.41. The summed E-state index contributed by atoms with van der Waals surface area (Å²) in [6.45, 7) is 2.13. The number of alkyl halides is 3. The Kier molecular flexibility index (Phi) is 6.62. The van der Waals surface area contributed by atoms with E-state index in [1.165, 1.54) is 6.07 Å². The Hall–Kier alpha value is -3.16. The lowest BCUT2D eigenvalue weighted by molar-refractivity contribution is -0.138. The van der Waals surface area contributed by atoms with Gasteiger partial charge in [-0.25, -0.2) is 4.98 Å². The van der Waals surface area contributed by atoms with Crippen molar-refractivity contribution in [1.82, 2.24) is 24.5 Å². The first-order valence-electron chi connectivity index (χ1n) is 11.3. The molecule has 1 fully saturated rings. The lowest BCUT2D eigenvalue weighted by atomic mass is 9.93. The van der Waals surface area contributed by atoms with Crippen LogP contribution in [-0.4, -0.2) is 37.6 Å². The van der Waals surface area contributed by atoms with Gasteiger partial charge in [0.05, 0.1) is 21.9 Å². The molecule has 0 saturated carbocycles. The summed E-state index contributed by atoms with van der Waals surface area (Å²) in [6, 6.07) is 13.3. The molecule has 0 radical (unpaired) electrons. The van der Waals surface area contributed by atoms with Crippen molar-refractivity contribution in [2.24, 2.45) is 0 Å². The minimum Gasteiger partial charge on any atom is -0.366 e. The van der Waals surface area contributed by atoms with E-state index < -0.39 is 11.7 Å². The molecule has 1 aliphatic rings. The molecule has 4 aromatic rings. The highest BCUT2D eigenvalue weighted by Crippen LogP contribution is 2.34. The van der Waals surface area contributed by atoms with E-state index in [4.69, 9.17) is 4.98 Å². The number of nitrogens with one attached hydrogen (secondary N) is 1. The molecule has 4 heterocycles.